The van der Waals surface area contributed by atoms with Crippen LogP contribution in [0, 0.1) is 0 Å². The van der Waals surface area contributed by atoms with E-state index >= 15 is 0 Å². The number of carbonyl (C=O) groups is 1. The van der Waals surface area contributed by atoms with Gasteiger partial charge < -0.3 is 21.0 Å². The molecular weight excluding hydrogens is 410 g/mol. The molecule has 0 radical (unpaired) electrons. The number of nitrogens with two attached hydrogens (primary N) is 1. The van der Waals surface area contributed by atoms with Gasteiger partial charge in [-0.2, -0.15) is 0 Å². The number of nitrogens with one attached hydrogen (secondary N) is 3. The van der Waals surface area contributed by atoms with E-state index in [1.165, 1.54) is 4.88 Å². The zero-order chi connectivity index (χ0) is 21.4. The van der Waals surface area contributed by atoms with Crippen LogP contribution >= 0.6 is 11.3 Å². The number of nitrogens with zero attached hydrogens (tertiary/aromatic N) is 1. The van der Waals surface area contributed by atoms with Gasteiger partial charge in [-0.15, -0.1) is 11.3 Å². The number of nitrogen functional groups attached to an aromatic ring is 1. The highest BCUT2D eigenvalue weighted by molar-refractivity contribution is 7.09. The zero-order valence-electron chi connectivity index (χ0n) is 16.4. The van der Waals surface area contributed by atoms with E-state index in [0.29, 0.717) is 39.9 Å². The van der Waals surface area contributed by atoms with Crippen molar-refractivity contribution in [3.8, 4) is 11.4 Å². The Morgan fingerprint density at radius 1 is 1.06 bits per heavy atom. The smallest absolute Gasteiger partial charge is 0.276 e. The summed E-state index contributed by atoms with van der Waals surface area (Å²) in [5.74, 6) is -0.165. The molecule has 7 nitrogen and oxygen atoms in total. The Hall–Kier alpha value is -3.91. The first-order valence-electron chi connectivity index (χ1n) is 9.81. The van der Waals surface area contributed by atoms with Crippen LogP contribution in [-0.4, -0.2) is 27.4 Å². The number of aromatic amines is 2. The van der Waals surface area contributed by atoms with Gasteiger partial charge in [-0.1, -0.05) is 18.2 Å². The number of hydrogen-bond donors (Lipinski definition) is 4. The number of carbonyl (C=O) groups excluding carboxylic acids is 1. The van der Waals surface area contributed by atoms with Crippen LogP contribution < -0.4 is 16.6 Å². The van der Waals surface area contributed by atoms with E-state index in [0.717, 1.165) is 11.9 Å². The molecule has 0 saturated heterocycles. The minimum absolute atomic E-state index is 0.165. The molecule has 0 aliphatic heterocycles. The van der Waals surface area contributed by atoms with Crippen molar-refractivity contribution >= 4 is 44.9 Å². The van der Waals surface area contributed by atoms with Crippen LogP contribution in [0.3, 0.4) is 0 Å². The molecule has 0 spiro atoms. The van der Waals surface area contributed by atoms with Gasteiger partial charge in [0, 0.05) is 27.9 Å². The number of amides is 1. The average Bonchev–Trinajstić information content (AvgIpc) is 3.41. The Morgan fingerprint density at radius 3 is 2.77 bits per heavy atom. The van der Waals surface area contributed by atoms with Gasteiger partial charge >= 0.3 is 0 Å². The van der Waals surface area contributed by atoms with Crippen molar-refractivity contribution in [2.45, 2.75) is 6.42 Å². The Labute approximate surface area is 181 Å². The van der Waals surface area contributed by atoms with Crippen molar-refractivity contribution in [3.05, 3.63) is 80.8 Å². The molecule has 0 aliphatic rings. The summed E-state index contributed by atoms with van der Waals surface area (Å²) in [6.07, 6.45) is 0.790. The van der Waals surface area contributed by atoms with Gasteiger partial charge in [0.15, 0.2) is 5.69 Å². The highest BCUT2D eigenvalue weighted by Gasteiger charge is 2.17. The Balaban J connectivity index is 1.46. The highest BCUT2D eigenvalue weighted by atomic mass is 32.1. The molecular formula is C23H19N5O2S. The molecule has 8 heteroatoms. The van der Waals surface area contributed by atoms with Gasteiger partial charge in [0.05, 0.1) is 22.4 Å². The zero-order valence-corrected chi connectivity index (χ0v) is 17.3. The van der Waals surface area contributed by atoms with Gasteiger partial charge in [-0.25, -0.2) is 4.98 Å². The molecule has 0 bridgehead atoms. The van der Waals surface area contributed by atoms with Crippen LogP contribution in [0.2, 0.25) is 0 Å². The molecule has 0 atom stereocenters. The van der Waals surface area contributed by atoms with Crippen molar-refractivity contribution < 1.29 is 4.79 Å². The van der Waals surface area contributed by atoms with Crippen LogP contribution in [0.15, 0.2) is 64.8 Å². The first kappa shape index (κ1) is 19.1. The maximum atomic E-state index is 12.6. The predicted octanol–water partition coefficient (Wildman–Crippen LogP) is 3.69. The first-order chi connectivity index (χ1) is 15.1. The van der Waals surface area contributed by atoms with Crippen molar-refractivity contribution in [2.75, 3.05) is 12.3 Å². The van der Waals surface area contributed by atoms with Gasteiger partial charge in [-0.05, 0) is 48.2 Å². The number of fused-ring (bicyclic) bond motifs is 2. The summed E-state index contributed by atoms with van der Waals surface area (Å²) in [5.41, 5.74) is 9.65. The van der Waals surface area contributed by atoms with Crippen LogP contribution in [0.4, 0.5) is 5.69 Å². The van der Waals surface area contributed by atoms with Crippen LogP contribution in [0.1, 0.15) is 15.2 Å². The molecule has 1 amide bonds. The lowest BCUT2D eigenvalue weighted by molar-refractivity contribution is 0.0954. The summed E-state index contributed by atoms with van der Waals surface area (Å²) in [6, 6.07) is 16.6. The lowest BCUT2D eigenvalue weighted by Crippen LogP contribution is -2.25. The van der Waals surface area contributed by atoms with Crippen molar-refractivity contribution in [2.24, 2.45) is 0 Å². The summed E-state index contributed by atoms with van der Waals surface area (Å²) in [7, 11) is 0. The molecule has 3 heterocycles. The molecule has 0 fully saturated rings. The van der Waals surface area contributed by atoms with E-state index < -0.39 is 0 Å². The molecule has 3 aromatic heterocycles. The Kier molecular flexibility index (Phi) is 4.76. The fourth-order valence-electron chi connectivity index (χ4n) is 3.60. The Bertz CT molecular complexity index is 1470. The van der Waals surface area contributed by atoms with E-state index in [1.54, 1.807) is 35.6 Å². The van der Waals surface area contributed by atoms with Gasteiger partial charge in [0.25, 0.3) is 11.5 Å². The van der Waals surface area contributed by atoms with E-state index in [4.69, 9.17) is 5.73 Å². The summed E-state index contributed by atoms with van der Waals surface area (Å²) in [4.78, 5) is 36.9. The second kappa shape index (κ2) is 7.73. The molecule has 0 saturated carbocycles. The van der Waals surface area contributed by atoms with E-state index in [-0.39, 0.29) is 17.2 Å². The second-order valence-corrected chi connectivity index (χ2v) is 8.22. The largest absolute Gasteiger partial charge is 0.396 e. The maximum Gasteiger partial charge on any atom is 0.276 e. The van der Waals surface area contributed by atoms with E-state index in [2.05, 4.69) is 20.3 Å². The third kappa shape index (κ3) is 3.57. The quantitative estimate of drug-likeness (QED) is 0.341. The number of H-pyrrole nitrogens is 2. The molecule has 2 aromatic carbocycles. The summed E-state index contributed by atoms with van der Waals surface area (Å²) in [5, 5.41) is 5.64. The van der Waals surface area contributed by atoms with Gasteiger partial charge in [0.1, 0.15) is 0 Å². The minimum atomic E-state index is -0.330. The molecule has 154 valence electrons. The number of aromatic nitrogens is 3. The van der Waals surface area contributed by atoms with Crippen LogP contribution in [-0.2, 0) is 6.42 Å². The van der Waals surface area contributed by atoms with Crippen molar-refractivity contribution in [1.29, 1.82) is 0 Å². The summed E-state index contributed by atoms with van der Waals surface area (Å²) in [6.45, 7) is 0.557. The summed E-state index contributed by atoms with van der Waals surface area (Å²) >= 11 is 1.67. The SMILES string of the molecule is Nc1c(-c2nc3ccccc3[nH]c2=O)[nH]c2ccc(C(=O)NCCc3cccs3)cc12. The molecule has 5 aromatic rings. The topological polar surface area (TPSA) is 117 Å². The highest BCUT2D eigenvalue weighted by Crippen LogP contribution is 2.31. The van der Waals surface area contributed by atoms with Gasteiger partial charge in [-0.3, -0.25) is 9.59 Å². The number of hydrogen-bond acceptors (Lipinski definition) is 5. The van der Waals surface area contributed by atoms with E-state index in [9.17, 15) is 9.59 Å². The number of rotatable bonds is 5. The van der Waals surface area contributed by atoms with Crippen LogP contribution in [0.25, 0.3) is 33.3 Å². The Morgan fingerprint density at radius 2 is 1.94 bits per heavy atom. The maximum absolute atomic E-state index is 12.6. The molecule has 0 unspecified atom stereocenters. The lowest BCUT2D eigenvalue weighted by atomic mass is 10.1. The fraction of sp³-hybridized carbons (Fsp3) is 0.0870. The van der Waals surface area contributed by atoms with Gasteiger partial charge in [0.2, 0.25) is 0 Å². The summed E-state index contributed by atoms with van der Waals surface area (Å²) < 4.78 is 0. The van der Waals surface area contributed by atoms with E-state index in [1.807, 2.05) is 35.7 Å². The third-order valence-corrected chi connectivity index (χ3v) is 6.11. The van der Waals surface area contributed by atoms with Crippen molar-refractivity contribution in [1.82, 2.24) is 20.3 Å². The van der Waals surface area contributed by atoms with Crippen LogP contribution in [0.5, 0.6) is 0 Å². The molecule has 31 heavy (non-hydrogen) atoms. The monoisotopic (exact) mass is 429 g/mol. The minimum Gasteiger partial charge on any atom is -0.396 e. The number of benzene rings is 2. The molecule has 5 rings (SSSR count). The fourth-order valence-corrected chi connectivity index (χ4v) is 4.30. The second-order valence-electron chi connectivity index (χ2n) is 7.19. The normalized spacial score (nSPS) is 11.2. The predicted molar refractivity (Wildman–Crippen MR) is 124 cm³/mol. The third-order valence-electron chi connectivity index (χ3n) is 5.17. The molecule has 5 N–H and O–H groups in total. The first-order valence-corrected chi connectivity index (χ1v) is 10.7. The average molecular weight is 430 g/mol. The number of anilines is 1. The standard InChI is InChI=1S/C23H19N5O2S/c24-19-15-12-13(22(29)25-10-9-14-4-3-11-31-14)7-8-16(15)26-20(19)21-23(30)28-18-6-2-1-5-17(18)27-21/h1-8,11-12,26H,9-10,24H2,(H,25,29)(H,28,30). The number of para-hydroxylation sites is 2. The lowest BCUT2D eigenvalue weighted by Gasteiger charge is -2.05. The van der Waals surface area contributed by atoms with Crippen molar-refractivity contribution in [3.63, 3.8) is 0 Å². The molecule has 0 aliphatic carbocycles. The number of thiophene rings is 1.